The van der Waals surface area contributed by atoms with Gasteiger partial charge in [0.05, 0.1) is 17.9 Å². The van der Waals surface area contributed by atoms with Crippen LogP contribution in [0, 0.1) is 11.2 Å². The number of halogens is 2. The number of carbonyl (C=O) groups excluding carboxylic acids is 1. The van der Waals surface area contributed by atoms with Gasteiger partial charge in [0.25, 0.3) is 0 Å². The van der Waals surface area contributed by atoms with Gasteiger partial charge in [0.1, 0.15) is 12.4 Å². The second kappa shape index (κ2) is 15.2. The number of rotatable bonds is 14. The van der Waals surface area contributed by atoms with E-state index >= 15 is 0 Å². The monoisotopic (exact) mass is 542 g/mol. The Labute approximate surface area is 228 Å². The quantitative estimate of drug-likeness (QED) is 0.134. The molecule has 1 aromatic heterocycles. The second-order valence-electron chi connectivity index (χ2n) is 8.77. The molecule has 204 valence electrons. The molecule has 10 heteroatoms. The summed E-state index contributed by atoms with van der Waals surface area (Å²) in [6.45, 7) is 8.48. The van der Waals surface area contributed by atoms with Crippen LogP contribution in [0.15, 0.2) is 42.1 Å². The van der Waals surface area contributed by atoms with Crippen LogP contribution < -0.4 is 26.0 Å². The Kier molecular flexibility index (Phi) is 11.7. The normalized spacial score (nSPS) is 13.4. The van der Waals surface area contributed by atoms with Crippen molar-refractivity contribution in [3.8, 4) is 17.0 Å². The average molecular weight is 543 g/mol. The smallest absolute Gasteiger partial charge is 0.224 e. The molecule has 38 heavy (non-hydrogen) atoms. The summed E-state index contributed by atoms with van der Waals surface area (Å²) in [5.41, 5.74) is 2.35. The molecule has 0 atom stereocenters. The first-order valence-corrected chi connectivity index (χ1v) is 13.3. The number of aromatic nitrogens is 1. The fourth-order valence-electron chi connectivity index (χ4n) is 3.97. The number of fused-ring (bicyclic) bond motifs is 1. The highest BCUT2D eigenvalue weighted by molar-refractivity contribution is 6.30. The molecule has 0 saturated heterocycles. The number of anilines is 1. The van der Waals surface area contributed by atoms with Crippen LogP contribution in [-0.2, 0) is 4.79 Å². The van der Waals surface area contributed by atoms with Gasteiger partial charge in [-0.1, -0.05) is 24.6 Å². The third-order valence-electron chi connectivity index (χ3n) is 5.85. The van der Waals surface area contributed by atoms with Gasteiger partial charge >= 0.3 is 0 Å². The van der Waals surface area contributed by atoms with Crippen molar-refractivity contribution in [1.82, 2.24) is 20.9 Å². The predicted molar refractivity (Wildman–Crippen MR) is 153 cm³/mol. The van der Waals surface area contributed by atoms with Gasteiger partial charge in [0, 0.05) is 41.9 Å². The Morgan fingerprint density at radius 2 is 2.03 bits per heavy atom. The van der Waals surface area contributed by atoms with Crippen molar-refractivity contribution in [3.63, 3.8) is 0 Å². The van der Waals surface area contributed by atoms with E-state index in [4.69, 9.17) is 21.7 Å². The second-order valence-corrected chi connectivity index (χ2v) is 9.21. The zero-order valence-electron chi connectivity index (χ0n) is 21.9. The fourth-order valence-corrected chi connectivity index (χ4v) is 4.14. The summed E-state index contributed by atoms with van der Waals surface area (Å²) < 4.78 is 20.6. The van der Waals surface area contributed by atoms with Gasteiger partial charge < -0.3 is 31.4 Å². The highest BCUT2D eigenvalue weighted by atomic mass is 35.5. The van der Waals surface area contributed by atoms with Crippen LogP contribution in [0.25, 0.3) is 16.8 Å². The zero-order chi connectivity index (χ0) is 27.3. The van der Waals surface area contributed by atoms with Gasteiger partial charge in [-0.15, -0.1) is 0 Å². The lowest BCUT2D eigenvalue weighted by atomic mass is 10.00. The number of amides is 1. The minimum Gasteiger partial charge on any atom is -0.487 e. The Balaban J connectivity index is 1.75. The number of hydrogen-bond donors (Lipinski definition) is 5. The Bertz CT molecular complexity index is 1180. The van der Waals surface area contributed by atoms with Crippen molar-refractivity contribution >= 4 is 35.1 Å². The first-order valence-electron chi connectivity index (χ1n) is 12.9. The maximum Gasteiger partial charge on any atom is 0.224 e. The average Bonchev–Trinajstić information content (AvgIpc) is 2.93. The highest BCUT2D eigenvalue weighted by Gasteiger charge is 2.21. The van der Waals surface area contributed by atoms with E-state index in [1.54, 1.807) is 12.1 Å². The molecule has 0 bridgehead atoms. The van der Waals surface area contributed by atoms with Crippen LogP contribution in [0.4, 0.5) is 10.2 Å². The van der Waals surface area contributed by atoms with E-state index in [0.717, 1.165) is 38.8 Å². The number of nitrogens with one attached hydrogen (secondary N) is 5. The minimum atomic E-state index is -0.443. The molecule has 0 spiro atoms. The van der Waals surface area contributed by atoms with Crippen molar-refractivity contribution in [2.75, 3.05) is 44.6 Å². The first kappa shape index (κ1) is 29.3. The molecule has 0 unspecified atom stereocenters. The molecular weight excluding hydrogens is 507 g/mol. The first-order chi connectivity index (χ1) is 18.5. The molecule has 0 fully saturated rings. The summed E-state index contributed by atoms with van der Waals surface area (Å²) in [4.78, 5) is 17.1. The van der Waals surface area contributed by atoms with Crippen LogP contribution in [-0.4, -0.2) is 56.4 Å². The number of ether oxygens (including phenoxy) is 1. The molecule has 2 heterocycles. The van der Waals surface area contributed by atoms with Crippen molar-refractivity contribution in [2.45, 2.75) is 33.1 Å². The number of benzene rings is 1. The molecule has 1 aromatic carbocycles. The van der Waals surface area contributed by atoms with Crippen molar-refractivity contribution in [1.29, 1.82) is 5.41 Å². The van der Waals surface area contributed by atoms with Crippen molar-refractivity contribution in [3.05, 3.63) is 58.5 Å². The number of pyridine rings is 1. The van der Waals surface area contributed by atoms with Crippen LogP contribution in [0.5, 0.6) is 5.75 Å². The fraction of sp³-hybridized carbons (Fsp3) is 0.393. The minimum absolute atomic E-state index is 0.169. The Morgan fingerprint density at radius 1 is 1.24 bits per heavy atom. The summed E-state index contributed by atoms with van der Waals surface area (Å²) in [6.07, 6.45) is 6.78. The van der Waals surface area contributed by atoms with E-state index in [2.05, 4.69) is 33.2 Å². The topological polar surface area (TPSA) is 111 Å². The van der Waals surface area contributed by atoms with Gasteiger partial charge in [-0.25, -0.2) is 9.37 Å². The van der Waals surface area contributed by atoms with E-state index in [1.807, 2.05) is 13.0 Å². The summed E-state index contributed by atoms with van der Waals surface area (Å²) in [5.74, 6) is 0.411. The summed E-state index contributed by atoms with van der Waals surface area (Å²) >= 11 is 6.13. The maximum atomic E-state index is 14.7. The van der Waals surface area contributed by atoms with Crippen LogP contribution in [0.1, 0.15) is 38.7 Å². The van der Waals surface area contributed by atoms with Gasteiger partial charge in [-0.05, 0) is 68.8 Å². The Morgan fingerprint density at radius 3 is 2.76 bits per heavy atom. The summed E-state index contributed by atoms with van der Waals surface area (Å²) in [6, 6.07) is 6.06. The largest absolute Gasteiger partial charge is 0.487 e. The standard InChI is InChI=1S/C28H36ClFN6O2/c1-3-9-32-11-12-33-10-5-6-26(37)35-21(18-31)15-19(4-2)22-17-25(23-16-20(29)7-8-24(23)30)36-28-27(22)38-14-13-34-28/h4,7-8,15-18,31-33H,3,5-6,9-14H2,1-2H3,(H,34,36)(H,35,37)/b19-4+,21-15+,31-18?. The van der Waals surface area contributed by atoms with E-state index < -0.39 is 5.82 Å². The third-order valence-corrected chi connectivity index (χ3v) is 6.09. The lowest BCUT2D eigenvalue weighted by Crippen LogP contribution is -2.29. The summed E-state index contributed by atoms with van der Waals surface area (Å²) in [5, 5.41) is 20.9. The molecule has 5 N–H and O–H groups in total. The molecule has 1 amide bonds. The molecule has 3 rings (SSSR count). The van der Waals surface area contributed by atoms with E-state index in [-0.39, 0.29) is 11.5 Å². The molecule has 0 aliphatic carbocycles. The lowest BCUT2D eigenvalue weighted by molar-refractivity contribution is -0.120. The molecule has 1 aliphatic rings. The van der Waals surface area contributed by atoms with Crippen molar-refractivity contribution in [2.24, 2.45) is 0 Å². The lowest BCUT2D eigenvalue weighted by Gasteiger charge is -2.23. The SMILES string of the molecule is C/C=C(\C=C(/C=N)NC(=O)CCCNCCNCCC)c1cc(-c2cc(Cl)ccc2F)nc2c1OCCN2. The number of carbonyl (C=O) groups is 1. The van der Waals surface area contributed by atoms with Crippen LogP contribution in [0.3, 0.4) is 0 Å². The zero-order valence-corrected chi connectivity index (χ0v) is 22.7. The Hall–Kier alpha value is -3.27. The molecule has 1 aliphatic heterocycles. The van der Waals surface area contributed by atoms with Gasteiger partial charge in [0.2, 0.25) is 5.91 Å². The maximum absolute atomic E-state index is 14.7. The molecular formula is C28H36ClFN6O2. The molecule has 0 radical (unpaired) electrons. The van der Waals surface area contributed by atoms with Gasteiger partial charge in [-0.2, -0.15) is 0 Å². The number of hydrogen-bond acceptors (Lipinski definition) is 7. The summed E-state index contributed by atoms with van der Waals surface area (Å²) in [7, 11) is 0. The van der Waals surface area contributed by atoms with Crippen LogP contribution in [0.2, 0.25) is 5.02 Å². The van der Waals surface area contributed by atoms with Gasteiger partial charge in [0.15, 0.2) is 11.6 Å². The van der Waals surface area contributed by atoms with E-state index in [1.165, 1.54) is 18.2 Å². The van der Waals surface area contributed by atoms with Gasteiger partial charge in [-0.3, -0.25) is 4.79 Å². The van der Waals surface area contributed by atoms with E-state index in [0.29, 0.717) is 65.1 Å². The molecule has 2 aromatic rings. The molecule has 8 nitrogen and oxygen atoms in total. The van der Waals surface area contributed by atoms with E-state index in [9.17, 15) is 9.18 Å². The predicted octanol–water partition coefficient (Wildman–Crippen LogP) is 4.77. The number of allylic oxidation sites excluding steroid dienone is 4. The van der Waals surface area contributed by atoms with Crippen LogP contribution >= 0.6 is 11.6 Å². The van der Waals surface area contributed by atoms with Crippen molar-refractivity contribution < 1.29 is 13.9 Å². The number of nitrogens with zero attached hydrogens (tertiary/aromatic N) is 1. The third kappa shape index (κ3) is 8.37. The highest BCUT2D eigenvalue weighted by Crippen LogP contribution is 2.39. The molecule has 0 saturated carbocycles.